The third-order valence-electron chi connectivity index (χ3n) is 3.63. The molecule has 3 aromatic rings. The topological polar surface area (TPSA) is 102 Å². The Morgan fingerprint density at radius 3 is 2.27 bits per heavy atom. The number of anilines is 2. The molecule has 0 fully saturated rings. The van der Waals surface area contributed by atoms with Crippen molar-refractivity contribution in [3.63, 3.8) is 0 Å². The Morgan fingerprint density at radius 2 is 1.54 bits per heavy atom. The molecule has 0 saturated heterocycles. The Labute approximate surface area is 153 Å². The number of phenolic OH excluding ortho intramolecular Hbond substituents is 1. The lowest BCUT2D eigenvalue weighted by atomic mass is 10.1. The maximum atomic E-state index is 12.2. The van der Waals surface area contributed by atoms with Gasteiger partial charge in [-0.3, -0.25) is 9.59 Å². The summed E-state index contributed by atoms with van der Waals surface area (Å²) >= 11 is 1.01. The number of nitrogens with zero attached hydrogens (tertiary/aromatic N) is 1. The first kappa shape index (κ1) is 17.3. The van der Waals surface area contributed by atoms with E-state index in [4.69, 9.17) is 5.26 Å². The van der Waals surface area contributed by atoms with Gasteiger partial charge in [-0.25, -0.2) is 0 Å². The number of carbonyl (C=O) groups excluding carboxylic acids is 2. The first-order valence-corrected chi connectivity index (χ1v) is 8.39. The molecule has 3 rings (SSSR count). The molecular formula is C19H13N3O3S. The molecule has 0 saturated carbocycles. The Morgan fingerprint density at radius 1 is 0.885 bits per heavy atom. The number of hydrogen-bond acceptors (Lipinski definition) is 5. The van der Waals surface area contributed by atoms with Crippen molar-refractivity contribution in [1.82, 2.24) is 0 Å². The zero-order valence-electron chi connectivity index (χ0n) is 13.4. The summed E-state index contributed by atoms with van der Waals surface area (Å²) in [7, 11) is 0. The van der Waals surface area contributed by atoms with Crippen LogP contribution in [0.15, 0.2) is 65.6 Å². The second-order valence-electron chi connectivity index (χ2n) is 5.30. The summed E-state index contributed by atoms with van der Waals surface area (Å²) in [4.78, 5) is 25.0. The quantitative estimate of drug-likeness (QED) is 0.374. The van der Waals surface area contributed by atoms with E-state index >= 15 is 0 Å². The van der Waals surface area contributed by atoms with E-state index in [0.717, 1.165) is 16.7 Å². The normalized spacial score (nSPS) is 10.1. The van der Waals surface area contributed by atoms with Gasteiger partial charge in [-0.05, 0) is 48.2 Å². The fraction of sp³-hybridized carbons (Fsp3) is 0. The molecule has 0 atom stereocenters. The van der Waals surface area contributed by atoms with Gasteiger partial charge in [-0.2, -0.15) is 5.26 Å². The summed E-state index contributed by atoms with van der Waals surface area (Å²) < 4.78 is 0. The van der Waals surface area contributed by atoms with Crippen molar-refractivity contribution in [2.75, 3.05) is 10.6 Å². The third kappa shape index (κ3) is 3.77. The molecule has 2 amide bonds. The number of nitriles is 1. The molecular weight excluding hydrogens is 350 g/mol. The van der Waals surface area contributed by atoms with Crippen molar-refractivity contribution >= 4 is 45.7 Å². The molecule has 3 N–H and O–H groups in total. The number of fused-ring (bicyclic) bond motifs is 1. The van der Waals surface area contributed by atoms with Crippen molar-refractivity contribution in [3.8, 4) is 11.2 Å². The van der Waals surface area contributed by atoms with Gasteiger partial charge >= 0.3 is 11.8 Å². The van der Waals surface area contributed by atoms with Crippen molar-refractivity contribution in [3.05, 3.63) is 60.7 Å². The molecule has 0 unspecified atom stereocenters. The monoisotopic (exact) mass is 363 g/mol. The predicted molar refractivity (Wildman–Crippen MR) is 101 cm³/mol. The van der Waals surface area contributed by atoms with Crippen molar-refractivity contribution < 1.29 is 14.7 Å². The molecule has 3 aromatic carbocycles. The van der Waals surface area contributed by atoms with Crippen LogP contribution in [0.3, 0.4) is 0 Å². The Balaban J connectivity index is 1.73. The van der Waals surface area contributed by atoms with Gasteiger partial charge in [0.05, 0.1) is 0 Å². The van der Waals surface area contributed by atoms with Gasteiger partial charge in [0.25, 0.3) is 0 Å². The molecule has 0 aliphatic rings. The number of aromatic hydroxyl groups is 1. The lowest BCUT2D eigenvalue weighted by Gasteiger charge is -2.10. The minimum atomic E-state index is -0.823. The zero-order valence-corrected chi connectivity index (χ0v) is 14.2. The lowest BCUT2D eigenvalue weighted by Crippen LogP contribution is -2.29. The molecule has 0 radical (unpaired) electrons. The van der Waals surface area contributed by atoms with Crippen LogP contribution in [0.5, 0.6) is 5.75 Å². The molecule has 26 heavy (non-hydrogen) atoms. The van der Waals surface area contributed by atoms with E-state index in [1.54, 1.807) is 60.7 Å². The van der Waals surface area contributed by atoms with Crippen LogP contribution < -0.4 is 10.6 Å². The van der Waals surface area contributed by atoms with E-state index < -0.39 is 11.8 Å². The number of phenols is 1. The fourth-order valence-electron chi connectivity index (χ4n) is 2.43. The van der Waals surface area contributed by atoms with Crippen LogP contribution >= 0.6 is 11.8 Å². The van der Waals surface area contributed by atoms with Gasteiger partial charge in [-0.1, -0.05) is 24.3 Å². The maximum Gasteiger partial charge on any atom is 0.314 e. The highest BCUT2D eigenvalue weighted by Gasteiger charge is 2.15. The van der Waals surface area contributed by atoms with Crippen LogP contribution in [0.25, 0.3) is 10.8 Å². The van der Waals surface area contributed by atoms with E-state index in [1.165, 1.54) is 0 Å². The minimum Gasteiger partial charge on any atom is -0.507 e. The highest BCUT2D eigenvalue weighted by Crippen LogP contribution is 2.29. The van der Waals surface area contributed by atoms with Gasteiger partial charge in [0.15, 0.2) is 0 Å². The molecule has 0 aromatic heterocycles. The number of amides is 2. The average Bonchev–Trinajstić information content (AvgIpc) is 2.64. The Hall–Kier alpha value is -3.50. The standard InChI is InChI=1S/C19H13N3O3S/c20-11-26-13-9-7-12(8-10-13)21-18(24)19(25)22-16-5-1-4-15-14(16)3-2-6-17(15)23/h1-10,23H,(H,21,24)(H,22,25). The van der Waals surface area contributed by atoms with Gasteiger partial charge in [-0.15, -0.1) is 0 Å². The van der Waals surface area contributed by atoms with Gasteiger partial charge in [0.1, 0.15) is 11.2 Å². The zero-order chi connectivity index (χ0) is 18.5. The number of nitrogens with one attached hydrogen (secondary N) is 2. The molecule has 0 aliphatic heterocycles. The second-order valence-corrected chi connectivity index (χ2v) is 6.16. The van der Waals surface area contributed by atoms with Gasteiger partial charge in [0, 0.05) is 27.0 Å². The van der Waals surface area contributed by atoms with Crippen molar-refractivity contribution in [2.45, 2.75) is 4.90 Å². The van der Waals surface area contributed by atoms with Crippen LogP contribution in [0.1, 0.15) is 0 Å². The summed E-state index contributed by atoms with van der Waals surface area (Å²) in [6, 6.07) is 16.6. The van der Waals surface area contributed by atoms with Gasteiger partial charge in [0.2, 0.25) is 0 Å². The fourth-order valence-corrected chi connectivity index (χ4v) is 2.81. The third-order valence-corrected chi connectivity index (χ3v) is 4.23. The van der Waals surface area contributed by atoms with Crippen LogP contribution in [-0.2, 0) is 9.59 Å². The van der Waals surface area contributed by atoms with E-state index in [-0.39, 0.29) is 5.75 Å². The summed E-state index contributed by atoms with van der Waals surface area (Å²) in [5, 5.41) is 26.7. The maximum absolute atomic E-state index is 12.2. The summed E-state index contributed by atoms with van der Waals surface area (Å²) in [6.45, 7) is 0. The number of thiocyanates is 1. The molecule has 6 nitrogen and oxygen atoms in total. The van der Waals surface area contributed by atoms with E-state index in [0.29, 0.717) is 22.1 Å². The largest absolute Gasteiger partial charge is 0.507 e. The van der Waals surface area contributed by atoms with Crippen LogP contribution in [0.2, 0.25) is 0 Å². The number of benzene rings is 3. The molecule has 0 aliphatic carbocycles. The van der Waals surface area contributed by atoms with Gasteiger partial charge < -0.3 is 15.7 Å². The number of rotatable bonds is 3. The van der Waals surface area contributed by atoms with Crippen molar-refractivity contribution in [2.24, 2.45) is 0 Å². The summed E-state index contributed by atoms with van der Waals surface area (Å²) in [5.74, 6) is -1.54. The number of hydrogen-bond donors (Lipinski definition) is 3. The highest BCUT2D eigenvalue weighted by atomic mass is 32.2. The SMILES string of the molecule is N#CSc1ccc(NC(=O)C(=O)Nc2cccc3c(O)cccc23)cc1. The van der Waals surface area contributed by atoms with Crippen LogP contribution in [0, 0.1) is 10.7 Å². The first-order chi connectivity index (χ1) is 12.6. The predicted octanol–water partition coefficient (Wildman–Crippen LogP) is 3.70. The number of carbonyl (C=O) groups is 2. The molecule has 0 heterocycles. The summed E-state index contributed by atoms with van der Waals surface area (Å²) in [6.07, 6.45) is 0. The van der Waals surface area contributed by atoms with Crippen LogP contribution in [-0.4, -0.2) is 16.9 Å². The van der Waals surface area contributed by atoms with Crippen molar-refractivity contribution in [1.29, 1.82) is 5.26 Å². The van der Waals surface area contributed by atoms with Crippen LogP contribution in [0.4, 0.5) is 11.4 Å². The smallest absolute Gasteiger partial charge is 0.314 e. The number of thioether (sulfide) groups is 1. The highest BCUT2D eigenvalue weighted by molar-refractivity contribution is 8.03. The van der Waals surface area contributed by atoms with E-state index in [9.17, 15) is 14.7 Å². The molecule has 128 valence electrons. The Kier molecular flexibility index (Phi) is 5.06. The minimum absolute atomic E-state index is 0.0957. The van der Waals surface area contributed by atoms with E-state index in [1.807, 2.05) is 5.40 Å². The Bertz CT molecular complexity index is 1030. The summed E-state index contributed by atoms with van der Waals surface area (Å²) in [5.41, 5.74) is 0.877. The molecule has 7 heteroatoms. The van der Waals surface area contributed by atoms with E-state index in [2.05, 4.69) is 10.6 Å². The lowest BCUT2D eigenvalue weighted by molar-refractivity contribution is -0.132. The molecule has 0 bridgehead atoms. The average molecular weight is 363 g/mol. The molecule has 0 spiro atoms. The first-order valence-electron chi connectivity index (χ1n) is 7.57. The second kappa shape index (κ2) is 7.59.